The van der Waals surface area contributed by atoms with Crippen LogP contribution in [0.5, 0.6) is 0 Å². The van der Waals surface area contributed by atoms with E-state index < -0.39 is 5.60 Å². The van der Waals surface area contributed by atoms with Gasteiger partial charge in [0.15, 0.2) is 0 Å². The average molecular weight is 241 g/mol. The number of carbonyl (C=O) groups is 1. The number of hydrogen-bond acceptors (Lipinski definition) is 2. The Bertz CT molecular complexity index is 239. The molecule has 3 heteroatoms. The molecular weight excluding hydrogens is 214 g/mol. The molecule has 0 aromatic rings. The molecule has 1 atom stereocenters. The van der Waals surface area contributed by atoms with Crippen LogP contribution < -0.4 is 5.32 Å². The fourth-order valence-corrected chi connectivity index (χ4v) is 2.43. The minimum Gasteiger partial charge on any atom is -0.444 e. The molecule has 0 saturated heterocycles. The molecule has 100 valence electrons. The second-order valence-electron chi connectivity index (χ2n) is 6.26. The van der Waals surface area contributed by atoms with Gasteiger partial charge in [0.1, 0.15) is 5.60 Å². The highest BCUT2D eigenvalue weighted by atomic mass is 16.6. The second-order valence-corrected chi connectivity index (χ2v) is 6.26. The van der Waals surface area contributed by atoms with Crippen molar-refractivity contribution in [1.82, 2.24) is 5.32 Å². The van der Waals surface area contributed by atoms with Crippen LogP contribution >= 0.6 is 0 Å². The predicted octanol–water partition coefficient (Wildman–Crippen LogP) is 3.73. The van der Waals surface area contributed by atoms with Gasteiger partial charge in [-0.05, 0) is 32.6 Å². The van der Waals surface area contributed by atoms with Gasteiger partial charge in [-0.25, -0.2) is 4.79 Å². The van der Waals surface area contributed by atoms with Crippen LogP contribution in [0, 0.1) is 11.8 Å². The van der Waals surface area contributed by atoms with Gasteiger partial charge in [-0.1, -0.05) is 39.0 Å². The molecule has 0 aliphatic heterocycles. The number of carbonyl (C=O) groups excluding carboxylic acids is 1. The van der Waals surface area contributed by atoms with Gasteiger partial charge in [0.2, 0.25) is 0 Å². The van der Waals surface area contributed by atoms with E-state index in [9.17, 15) is 4.79 Å². The van der Waals surface area contributed by atoms with Crippen LogP contribution in [0.15, 0.2) is 0 Å². The number of alkyl carbamates (subject to hydrolysis) is 1. The van der Waals surface area contributed by atoms with Crippen LogP contribution in [-0.4, -0.2) is 18.2 Å². The molecule has 1 aliphatic carbocycles. The molecule has 0 heterocycles. The standard InChI is InChI=1S/C14H27NO2/c1-11(12-8-6-5-7-9-12)10-15-13(16)17-14(2,3)4/h11-12H,5-10H2,1-4H3,(H,15,16). The van der Waals surface area contributed by atoms with E-state index in [1.54, 1.807) is 0 Å². The van der Waals surface area contributed by atoms with Gasteiger partial charge in [0.25, 0.3) is 0 Å². The van der Waals surface area contributed by atoms with Crippen molar-refractivity contribution in [3.8, 4) is 0 Å². The summed E-state index contributed by atoms with van der Waals surface area (Å²) < 4.78 is 5.23. The van der Waals surface area contributed by atoms with Gasteiger partial charge in [-0.2, -0.15) is 0 Å². The lowest BCUT2D eigenvalue weighted by Gasteiger charge is -2.28. The SMILES string of the molecule is CC(CNC(=O)OC(C)(C)C)C1CCCCC1. The highest BCUT2D eigenvalue weighted by molar-refractivity contribution is 5.67. The van der Waals surface area contributed by atoms with E-state index in [1.165, 1.54) is 32.1 Å². The van der Waals surface area contributed by atoms with E-state index >= 15 is 0 Å². The average Bonchev–Trinajstić information content (AvgIpc) is 2.25. The number of ether oxygens (including phenoxy) is 1. The van der Waals surface area contributed by atoms with Gasteiger partial charge in [-0.3, -0.25) is 0 Å². The van der Waals surface area contributed by atoms with Crippen LogP contribution in [0.1, 0.15) is 59.8 Å². The van der Waals surface area contributed by atoms with Crippen molar-refractivity contribution in [3.63, 3.8) is 0 Å². The summed E-state index contributed by atoms with van der Waals surface area (Å²) >= 11 is 0. The lowest BCUT2D eigenvalue weighted by molar-refractivity contribution is 0.0512. The first-order valence-electron chi connectivity index (χ1n) is 6.85. The Morgan fingerprint density at radius 2 is 1.88 bits per heavy atom. The van der Waals surface area contributed by atoms with E-state index in [0.29, 0.717) is 5.92 Å². The Balaban J connectivity index is 2.22. The zero-order chi connectivity index (χ0) is 12.9. The Kier molecular flexibility index (Phi) is 5.29. The third kappa shape index (κ3) is 5.94. The van der Waals surface area contributed by atoms with Crippen molar-refractivity contribution < 1.29 is 9.53 Å². The molecule has 1 N–H and O–H groups in total. The largest absolute Gasteiger partial charge is 0.444 e. The maximum Gasteiger partial charge on any atom is 0.407 e. The number of rotatable bonds is 3. The van der Waals surface area contributed by atoms with Crippen LogP contribution in [-0.2, 0) is 4.74 Å². The fraction of sp³-hybridized carbons (Fsp3) is 0.929. The Labute approximate surface area is 105 Å². The minimum absolute atomic E-state index is 0.292. The van der Waals surface area contributed by atoms with Crippen molar-refractivity contribution in [2.24, 2.45) is 11.8 Å². The highest BCUT2D eigenvalue weighted by Crippen LogP contribution is 2.29. The third-order valence-corrected chi connectivity index (χ3v) is 3.42. The number of hydrogen-bond donors (Lipinski definition) is 1. The van der Waals surface area contributed by atoms with Crippen molar-refractivity contribution in [2.75, 3.05) is 6.54 Å². The first kappa shape index (κ1) is 14.3. The lowest BCUT2D eigenvalue weighted by atomic mass is 9.81. The molecule has 0 bridgehead atoms. The van der Waals surface area contributed by atoms with Gasteiger partial charge < -0.3 is 10.1 Å². The molecule has 1 unspecified atom stereocenters. The molecule has 0 aromatic carbocycles. The van der Waals surface area contributed by atoms with Gasteiger partial charge >= 0.3 is 6.09 Å². The minimum atomic E-state index is -0.405. The van der Waals surface area contributed by atoms with Gasteiger partial charge in [0, 0.05) is 6.54 Å². The molecule has 1 aliphatic rings. The Hall–Kier alpha value is -0.730. The summed E-state index contributed by atoms with van der Waals surface area (Å²) in [5, 5.41) is 2.88. The summed E-state index contributed by atoms with van der Waals surface area (Å²) in [7, 11) is 0. The van der Waals surface area contributed by atoms with Crippen molar-refractivity contribution in [1.29, 1.82) is 0 Å². The van der Waals surface area contributed by atoms with Crippen molar-refractivity contribution >= 4 is 6.09 Å². The smallest absolute Gasteiger partial charge is 0.407 e. The first-order valence-corrected chi connectivity index (χ1v) is 6.85. The summed E-state index contributed by atoms with van der Waals surface area (Å²) in [4.78, 5) is 11.5. The number of amides is 1. The zero-order valence-corrected chi connectivity index (χ0v) is 11.7. The quantitative estimate of drug-likeness (QED) is 0.817. The normalized spacial score (nSPS) is 19.8. The molecule has 1 saturated carbocycles. The van der Waals surface area contributed by atoms with E-state index in [1.807, 2.05) is 20.8 Å². The first-order chi connectivity index (χ1) is 7.88. The van der Waals surface area contributed by atoms with Gasteiger partial charge in [0.05, 0.1) is 0 Å². The van der Waals surface area contributed by atoms with E-state index in [4.69, 9.17) is 4.74 Å². The van der Waals surface area contributed by atoms with Crippen LogP contribution in [0.2, 0.25) is 0 Å². The highest BCUT2D eigenvalue weighted by Gasteiger charge is 2.21. The molecule has 3 nitrogen and oxygen atoms in total. The van der Waals surface area contributed by atoms with Crippen molar-refractivity contribution in [2.45, 2.75) is 65.4 Å². The van der Waals surface area contributed by atoms with Crippen LogP contribution in [0.3, 0.4) is 0 Å². The van der Waals surface area contributed by atoms with Crippen LogP contribution in [0.25, 0.3) is 0 Å². The maximum atomic E-state index is 11.5. The summed E-state index contributed by atoms with van der Waals surface area (Å²) in [6, 6.07) is 0. The van der Waals surface area contributed by atoms with E-state index in [2.05, 4.69) is 12.2 Å². The van der Waals surface area contributed by atoms with E-state index in [-0.39, 0.29) is 6.09 Å². The number of nitrogens with one attached hydrogen (secondary N) is 1. The molecule has 1 amide bonds. The third-order valence-electron chi connectivity index (χ3n) is 3.42. The summed E-state index contributed by atoms with van der Waals surface area (Å²) in [5.41, 5.74) is -0.405. The van der Waals surface area contributed by atoms with Crippen LogP contribution in [0.4, 0.5) is 4.79 Å². The monoisotopic (exact) mass is 241 g/mol. The van der Waals surface area contributed by atoms with Gasteiger partial charge in [-0.15, -0.1) is 0 Å². The van der Waals surface area contributed by atoms with E-state index in [0.717, 1.165) is 12.5 Å². The predicted molar refractivity (Wildman–Crippen MR) is 70.0 cm³/mol. The maximum absolute atomic E-state index is 11.5. The fourth-order valence-electron chi connectivity index (χ4n) is 2.43. The molecule has 1 rings (SSSR count). The Morgan fingerprint density at radius 1 is 1.29 bits per heavy atom. The summed E-state index contributed by atoms with van der Waals surface area (Å²) in [6.45, 7) is 8.62. The topological polar surface area (TPSA) is 38.3 Å². The zero-order valence-electron chi connectivity index (χ0n) is 11.7. The second kappa shape index (κ2) is 6.27. The summed E-state index contributed by atoms with van der Waals surface area (Å²) in [6.07, 6.45) is 6.42. The molecular formula is C14H27NO2. The molecule has 17 heavy (non-hydrogen) atoms. The molecule has 0 spiro atoms. The van der Waals surface area contributed by atoms with Crippen molar-refractivity contribution in [3.05, 3.63) is 0 Å². The summed E-state index contributed by atoms with van der Waals surface area (Å²) in [5.74, 6) is 1.33. The molecule has 0 radical (unpaired) electrons. The molecule has 1 fully saturated rings. The Morgan fingerprint density at radius 3 is 2.41 bits per heavy atom. The molecule has 0 aromatic heterocycles. The lowest BCUT2D eigenvalue weighted by Crippen LogP contribution is -2.36.